The van der Waals surface area contributed by atoms with Crippen molar-refractivity contribution in [3.05, 3.63) is 42.6 Å². The van der Waals surface area contributed by atoms with Gasteiger partial charge in [0, 0.05) is 18.8 Å². The smallest absolute Gasteiger partial charge is 0.147 e. The average molecular weight is 505 g/mol. The Bertz CT molecular complexity index is 623. The third-order valence-electron chi connectivity index (χ3n) is 5.91. The van der Waals surface area contributed by atoms with Crippen LogP contribution in [0.5, 0.6) is 0 Å². The number of rotatable bonds is 17. The Morgan fingerprint density at radius 2 is 1.56 bits per heavy atom. The highest BCUT2D eigenvalue weighted by Crippen LogP contribution is 2.23. The van der Waals surface area contributed by atoms with Crippen LogP contribution in [0.3, 0.4) is 0 Å². The van der Waals surface area contributed by atoms with E-state index in [4.69, 9.17) is 5.73 Å². The van der Waals surface area contributed by atoms with Crippen molar-refractivity contribution in [2.24, 2.45) is 16.6 Å². The quantitative estimate of drug-likeness (QED) is 0.0862. The molecular weight excluding hydrogens is 444 g/mol. The van der Waals surface area contributed by atoms with Gasteiger partial charge < -0.3 is 21.2 Å². The maximum Gasteiger partial charge on any atom is 0.147 e. The van der Waals surface area contributed by atoms with Gasteiger partial charge in [-0.3, -0.25) is 4.99 Å². The number of aldehydes is 1. The molecule has 210 valence electrons. The van der Waals surface area contributed by atoms with Crippen LogP contribution in [0.25, 0.3) is 0 Å². The first kappa shape index (κ1) is 38.2. The van der Waals surface area contributed by atoms with Crippen molar-refractivity contribution >= 4 is 18.3 Å². The Balaban J connectivity index is -0.000000544. The third kappa shape index (κ3) is 19.9. The van der Waals surface area contributed by atoms with Gasteiger partial charge in [0.1, 0.15) is 11.8 Å². The molecule has 0 fully saturated rings. The van der Waals surface area contributed by atoms with Crippen LogP contribution in [0, 0.1) is 12.8 Å². The lowest BCUT2D eigenvalue weighted by Gasteiger charge is -2.22. The highest BCUT2D eigenvalue weighted by atomic mass is 16.1. The molecule has 0 aliphatic rings. The Morgan fingerprint density at radius 1 is 1.00 bits per heavy atom. The maximum atomic E-state index is 11.1. The number of aryl methyl sites for hydroxylation is 1. The molecule has 0 radical (unpaired) electrons. The number of hydrogen-bond donors (Lipinski definition) is 3. The van der Waals surface area contributed by atoms with Gasteiger partial charge in [0.15, 0.2) is 0 Å². The standard InChI is InChI=1S/C16H26N2.C11H22N2O.2C2H6/c1-4-15(10-12-17-5-2)11-13-18-16-9-7-6-8-14(16)3;1-3-5-7-11(9-14,13-10-12)8-6-4-2;2*1-2/h5-9,15,17-18H,2,4,10-13H2,1,3H3;9-10H,3-8H2,1-2H3,(H2,12,13);2*1-2H3. The van der Waals surface area contributed by atoms with Gasteiger partial charge in [-0.25, -0.2) is 0 Å². The summed E-state index contributed by atoms with van der Waals surface area (Å²) in [6.45, 7) is 22.4. The van der Waals surface area contributed by atoms with Crippen molar-refractivity contribution in [1.82, 2.24) is 5.32 Å². The van der Waals surface area contributed by atoms with Crippen LogP contribution < -0.4 is 16.4 Å². The van der Waals surface area contributed by atoms with Crippen LogP contribution in [0.1, 0.15) is 112 Å². The van der Waals surface area contributed by atoms with Crippen molar-refractivity contribution < 1.29 is 4.79 Å². The summed E-state index contributed by atoms with van der Waals surface area (Å²) in [4.78, 5) is 15.2. The molecule has 1 rings (SSSR count). The van der Waals surface area contributed by atoms with Gasteiger partial charge >= 0.3 is 0 Å². The van der Waals surface area contributed by atoms with Gasteiger partial charge in [-0.1, -0.05) is 105 Å². The fraction of sp³-hybridized carbons (Fsp3) is 0.677. The normalized spacial score (nSPS) is 11.0. The molecule has 1 atom stereocenters. The molecule has 0 amide bonds. The number of hydrogen-bond acceptors (Lipinski definition) is 4. The van der Waals surface area contributed by atoms with Crippen molar-refractivity contribution in [3.8, 4) is 0 Å². The zero-order chi connectivity index (χ0) is 28.1. The molecule has 0 aromatic heterocycles. The minimum absolute atomic E-state index is 0.541. The summed E-state index contributed by atoms with van der Waals surface area (Å²) in [5.41, 5.74) is 7.32. The Hall–Kier alpha value is -2.30. The summed E-state index contributed by atoms with van der Waals surface area (Å²) in [5, 5.41) is 6.70. The van der Waals surface area contributed by atoms with Gasteiger partial charge in [0.25, 0.3) is 0 Å². The summed E-state index contributed by atoms with van der Waals surface area (Å²) < 4.78 is 0. The van der Waals surface area contributed by atoms with Crippen molar-refractivity contribution in [1.29, 1.82) is 0 Å². The molecule has 4 N–H and O–H groups in total. The molecule has 0 saturated carbocycles. The lowest BCUT2D eigenvalue weighted by Crippen LogP contribution is -2.29. The number of para-hydroxylation sites is 1. The number of carbonyl (C=O) groups excluding carboxylic acids is 1. The number of anilines is 1. The van der Waals surface area contributed by atoms with E-state index in [0.29, 0.717) is 0 Å². The molecule has 5 nitrogen and oxygen atoms in total. The van der Waals surface area contributed by atoms with Crippen molar-refractivity contribution in [2.45, 2.75) is 119 Å². The zero-order valence-electron chi connectivity index (χ0n) is 25.0. The summed E-state index contributed by atoms with van der Waals surface area (Å²) in [7, 11) is 0. The number of nitrogens with one attached hydrogen (secondary N) is 2. The van der Waals surface area contributed by atoms with Gasteiger partial charge in [0.05, 0.1) is 6.34 Å². The van der Waals surface area contributed by atoms with Gasteiger partial charge in [-0.15, -0.1) is 0 Å². The minimum Gasteiger partial charge on any atom is -0.391 e. The number of unbranched alkanes of at least 4 members (excludes halogenated alkanes) is 2. The largest absolute Gasteiger partial charge is 0.391 e. The molecule has 0 spiro atoms. The molecule has 0 bridgehead atoms. The van der Waals surface area contributed by atoms with E-state index in [1.165, 1.54) is 36.9 Å². The van der Waals surface area contributed by atoms with Crippen LogP contribution in [-0.4, -0.2) is 31.3 Å². The molecule has 1 aromatic rings. The molecule has 5 heteroatoms. The fourth-order valence-corrected chi connectivity index (χ4v) is 3.64. The molecule has 1 unspecified atom stereocenters. The fourth-order valence-electron chi connectivity index (χ4n) is 3.64. The predicted octanol–water partition coefficient (Wildman–Crippen LogP) is 8.29. The van der Waals surface area contributed by atoms with Gasteiger partial charge in [-0.05, 0) is 56.4 Å². The lowest BCUT2D eigenvalue weighted by molar-refractivity contribution is -0.112. The first-order chi connectivity index (χ1) is 17.5. The zero-order valence-corrected chi connectivity index (χ0v) is 25.0. The Morgan fingerprint density at radius 3 is 2.00 bits per heavy atom. The average Bonchev–Trinajstić information content (AvgIpc) is 2.93. The molecular formula is C31H60N4O. The number of aliphatic imine (C=N–C) groups is 1. The maximum absolute atomic E-state index is 11.1. The molecule has 0 aliphatic heterocycles. The van der Waals surface area contributed by atoms with Gasteiger partial charge in [-0.2, -0.15) is 0 Å². The number of nitrogens with zero attached hydrogens (tertiary/aromatic N) is 1. The van der Waals surface area contributed by atoms with E-state index >= 15 is 0 Å². The SMILES string of the molecule is C=CNCCC(CC)CCNc1ccccc1C.CC.CC.CCCCC(C=O)(CCCC)N=CN. The highest BCUT2D eigenvalue weighted by molar-refractivity contribution is 5.68. The van der Waals surface area contributed by atoms with E-state index in [9.17, 15) is 4.79 Å². The molecule has 1 aromatic carbocycles. The second-order valence-electron chi connectivity index (χ2n) is 8.46. The molecule has 36 heavy (non-hydrogen) atoms. The van der Waals surface area contributed by atoms with E-state index in [1.807, 2.05) is 27.7 Å². The summed E-state index contributed by atoms with van der Waals surface area (Å²) in [5.74, 6) is 0.786. The summed E-state index contributed by atoms with van der Waals surface area (Å²) >= 11 is 0. The predicted molar refractivity (Wildman–Crippen MR) is 164 cm³/mol. The minimum atomic E-state index is -0.541. The van der Waals surface area contributed by atoms with Crippen LogP contribution >= 0.6 is 0 Å². The number of nitrogens with two attached hydrogens (primary N) is 1. The number of benzene rings is 1. The van der Waals surface area contributed by atoms with Crippen LogP contribution in [-0.2, 0) is 4.79 Å². The van der Waals surface area contributed by atoms with E-state index in [0.717, 1.165) is 63.8 Å². The topological polar surface area (TPSA) is 79.5 Å². The second-order valence-corrected chi connectivity index (χ2v) is 8.46. The Kier molecular flexibility index (Phi) is 30.7. The van der Waals surface area contributed by atoms with Crippen molar-refractivity contribution in [2.75, 3.05) is 18.4 Å². The van der Waals surface area contributed by atoms with E-state index in [1.54, 1.807) is 6.20 Å². The summed E-state index contributed by atoms with van der Waals surface area (Å²) in [6, 6.07) is 8.46. The van der Waals surface area contributed by atoms with Crippen molar-refractivity contribution in [3.63, 3.8) is 0 Å². The van der Waals surface area contributed by atoms with E-state index in [-0.39, 0.29) is 0 Å². The molecule has 0 saturated heterocycles. The van der Waals surface area contributed by atoms with Gasteiger partial charge in [0.2, 0.25) is 0 Å². The highest BCUT2D eigenvalue weighted by Gasteiger charge is 2.26. The first-order valence-electron chi connectivity index (χ1n) is 14.4. The van der Waals surface area contributed by atoms with Crippen LogP contribution in [0.15, 0.2) is 42.0 Å². The second kappa shape index (κ2) is 28.9. The number of carbonyl (C=O) groups is 1. The van der Waals surface area contributed by atoms with Crippen LogP contribution in [0.2, 0.25) is 0 Å². The van der Waals surface area contributed by atoms with E-state index in [2.05, 4.69) is 74.2 Å². The lowest BCUT2D eigenvalue weighted by atomic mass is 9.89. The van der Waals surface area contributed by atoms with Crippen LogP contribution in [0.4, 0.5) is 5.69 Å². The molecule has 0 heterocycles. The Labute approximate surface area is 224 Å². The monoisotopic (exact) mass is 504 g/mol. The van der Waals surface area contributed by atoms with E-state index < -0.39 is 5.54 Å². The summed E-state index contributed by atoms with van der Waals surface area (Å²) in [6.07, 6.45) is 13.6. The third-order valence-corrected chi connectivity index (χ3v) is 5.91. The first-order valence-corrected chi connectivity index (χ1v) is 14.4. The molecule has 0 aliphatic carbocycles.